The molecule has 1 N–H and O–H groups in total. The Morgan fingerprint density at radius 1 is 1.58 bits per heavy atom. The van der Waals surface area contributed by atoms with Gasteiger partial charge in [0, 0.05) is 38.4 Å². The Bertz CT molecular complexity index is 513. The number of hydrogen-bond donors (Lipinski definition) is 1. The maximum absolute atomic E-state index is 12.5. The summed E-state index contributed by atoms with van der Waals surface area (Å²) in [5.41, 5.74) is 0.912. The van der Waals surface area contributed by atoms with Crippen LogP contribution in [0.3, 0.4) is 0 Å². The summed E-state index contributed by atoms with van der Waals surface area (Å²) < 4.78 is 32.0. The predicted octanol–water partition coefficient (Wildman–Crippen LogP) is 1.44. The van der Waals surface area contributed by atoms with Crippen LogP contribution in [0.15, 0.2) is 15.7 Å². The summed E-state index contributed by atoms with van der Waals surface area (Å²) in [5.74, 6) is 0. The zero-order valence-corrected chi connectivity index (χ0v) is 12.9. The molecule has 0 fully saturated rings. The van der Waals surface area contributed by atoms with Crippen LogP contribution in [0.5, 0.6) is 0 Å². The molecule has 7 heteroatoms. The lowest BCUT2D eigenvalue weighted by atomic mass is 10.1. The van der Waals surface area contributed by atoms with Crippen LogP contribution in [0.25, 0.3) is 0 Å². The summed E-state index contributed by atoms with van der Waals surface area (Å²) in [6.07, 6.45) is 0.718. The van der Waals surface area contributed by atoms with Crippen molar-refractivity contribution in [2.75, 3.05) is 33.4 Å². The first kappa shape index (κ1) is 14.9. The second kappa shape index (κ2) is 6.32. The maximum atomic E-state index is 12.5. The van der Waals surface area contributed by atoms with Crippen LogP contribution in [-0.4, -0.2) is 46.1 Å². The van der Waals surface area contributed by atoms with Crippen molar-refractivity contribution in [1.82, 2.24) is 9.62 Å². The van der Waals surface area contributed by atoms with Crippen LogP contribution >= 0.6 is 11.3 Å². The Kier molecular flexibility index (Phi) is 4.97. The van der Waals surface area contributed by atoms with Crippen LogP contribution in [0.2, 0.25) is 0 Å². The fourth-order valence-electron chi connectivity index (χ4n) is 2.31. The van der Waals surface area contributed by atoms with Crippen molar-refractivity contribution < 1.29 is 13.2 Å². The third-order valence-electron chi connectivity index (χ3n) is 3.20. The van der Waals surface area contributed by atoms with Gasteiger partial charge in [0.25, 0.3) is 10.0 Å². The zero-order valence-electron chi connectivity index (χ0n) is 11.3. The Balaban J connectivity index is 2.23. The number of nitrogens with one attached hydrogen (secondary N) is 1. The van der Waals surface area contributed by atoms with E-state index in [2.05, 4.69) is 5.32 Å². The van der Waals surface area contributed by atoms with E-state index in [-0.39, 0.29) is 6.04 Å². The van der Waals surface area contributed by atoms with Gasteiger partial charge in [0.2, 0.25) is 0 Å². The molecule has 0 radical (unpaired) electrons. The largest absolute Gasteiger partial charge is 0.385 e. The molecule has 0 spiro atoms. The van der Waals surface area contributed by atoms with Crippen LogP contribution < -0.4 is 5.32 Å². The minimum Gasteiger partial charge on any atom is -0.385 e. The fourth-order valence-corrected chi connectivity index (χ4v) is 5.42. The Labute approximate surface area is 118 Å². The van der Waals surface area contributed by atoms with E-state index < -0.39 is 10.0 Å². The lowest BCUT2D eigenvalue weighted by molar-refractivity contribution is 0.185. The van der Waals surface area contributed by atoms with Gasteiger partial charge in [-0.15, -0.1) is 11.3 Å². The smallest absolute Gasteiger partial charge is 0.252 e. The molecule has 2 rings (SSSR count). The highest BCUT2D eigenvalue weighted by molar-refractivity contribution is 7.91. The molecule has 0 aromatic carbocycles. The van der Waals surface area contributed by atoms with Crippen LogP contribution in [-0.2, 0) is 14.8 Å². The number of methoxy groups -OCH3 is 1. The summed E-state index contributed by atoms with van der Waals surface area (Å²) in [6, 6.07) is 2.01. The van der Waals surface area contributed by atoms with Crippen molar-refractivity contribution in [2.45, 2.75) is 23.6 Å². The van der Waals surface area contributed by atoms with Crippen molar-refractivity contribution in [2.24, 2.45) is 0 Å². The standard InChI is InChI=1S/C12H20N2O3S2/c1-3-13-11-9-14(6-4-7-17-2)19(15,16)12-10(11)5-8-18-12/h5,8,11,13H,3-4,6-7,9H2,1-2H3/t11-/m0/s1. The van der Waals surface area contributed by atoms with Gasteiger partial charge in [0.1, 0.15) is 4.21 Å². The number of nitrogens with zero attached hydrogens (tertiary/aromatic N) is 1. The SMILES string of the molecule is CCN[C@H]1CN(CCCOC)S(=O)(=O)c2sccc21. The van der Waals surface area contributed by atoms with Crippen LogP contribution in [0, 0.1) is 0 Å². The molecule has 19 heavy (non-hydrogen) atoms. The molecule has 0 bridgehead atoms. The highest BCUT2D eigenvalue weighted by Crippen LogP contribution is 2.36. The molecule has 5 nitrogen and oxygen atoms in total. The number of fused-ring (bicyclic) bond motifs is 1. The third kappa shape index (κ3) is 3.00. The fraction of sp³-hybridized carbons (Fsp3) is 0.667. The molecular formula is C12H20N2O3S2. The third-order valence-corrected chi connectivity index (χ3v) is 6.56. The lowest BCUT2D eigenvalue weighted by Crippen LogP contribution is -2.43. The van der Waals surface area contributed by atoms with E-state index in [1.807, 2.05) is 18.4 Å². The topological polar surface area (TPSA) is 58.6 Å². The Morgan fingerprint density at radius 2 is 2.37 bits per heavy atom. The van der Waals surface area contributed by atoms with Gasteiger partial charge in [-0.3, -0.25) is 0 Å². The summed E-state index contributed by atoms with van der Waals surface area (Å²) in [6.45, 7) is 4.45. The number of hydrogen-bond acceptors (Lipinski definition) is 5. The number of sulfonamides is 1. The monoisotopic (exact) mass is 304 g/mol. The minimum atomic E-state index is -3.31. The summed E-state index contributed by atoms with van der Waals surface area (Å²) in [5, 5.41) is 5.21. The predicted molar refractivity (Wildman–Crippen MR) is 76.0 cm³/mol. The number of likely N-dealkylation sites (N-methyl/N-ethyl adjacent to an activating group) is 1. The summed E-state index contributed by atoms with van der Waals surface area (Å²) in [4.78, 5) is 0. The van der Waals surface area contributed by atoms with Gasteiger partial charge in [0.15, 0.2) is 0 Å². The normalized spacial score (nSPS) is 22.3. The molecule has 0 aliphatic carbocycles. The molecule has 0 saturated carbocycles. The van der Waals surface area contributed by atoms with Gasteiger partial charge < -0.3 is 10.1 Å². The molecule has 1 aromatic rings. The molecule has 108 valence electrons. The van der Waals surface area contributed by atoms with E-state index in [0.29, 0.717) is 23.9 Å². The van der Waals surface area contributed by atoms with Gasteiger partial charge in [-0.1, -0.05) is 6.92 Å². The molecule has 2 heterocycles. The van der Waals surface area contributed by atoms with E-state index in [9.17, 15) is 8.42 Å². The van der Waals surface area contributed by atoms with Gasteiger partial charge in [-0.2, -0.15) is 4.31 Å². The van der Waals surface area contributed by atoms with Crippen molar-refractivity contribution in [3.63, 3.8) is 0 Å². The first-order valence-electron chi connectivity index (χ1n) is 6.41. The first-order valence-corrected chi connectivity index (χ1v) is 8.73. The van der Waals surface area contributed by atoms with Crippen molar-refractivity contribution in [1.29, 1.82) is 0 Å². The summed E-state index contributed by atoms with van der Waals surface area (Å²) in [7, 11) is -1.69. The lowest BCUT2D eigenvalue weighted by Gasteiger charge is -2.32. The molecule has 0 unspecified atom stereocenters. The van der Waals surface area contributed by atoms with Crippen LogP contribution in [0.4, 0.5) is 0 Å². The van der Waals surface area contributed by atoms with E-state index in [1.54, 1.807) is 11.4 Å². The van der Waals surface area contributed by atoms with Gasteiger partial charge >= 0.3 is 0 Å². The number of thiophene rings is 1. The molecule has 1 aliphatic heterocycles. The Hall–Kier alpha value is -0.470. The minimum absolute atomic E-state index is 0.0947. The van der Waals surface area contributed by atoms with E-state index >= 15 is 0 Å². The number of rotatable bonds is 6. The first-order chi connectivity index (χ1) is 9.11. The Morgan fingerprint density at radius 3 is 3.05 bits per heavy atom. The quantitative estimate of drug-likeness (QED) is 0.808. The average Bonchev–Trinajstić information content (AvgIpc) is 2.85. The number of ether oxygens (including phenoxy) is 1. The average molecular weight is 304 g/mol. The zero-order chi connectivity index (χ0) is 13.9. The van der Waals surface area contributed by atoms with Gasteiger partial charge in [-0.05, 0) is 24.4 Å². The van der Waals surface area contributed by atoms with Gasteiger partial charge in [0.05, 0.1) is 0 Å². The molecule has 0 saturated heterocycles. The van der Waals surface area contributed by atoms with Crippen molar-refractivity contribution in [3.05, 3.63) is 17.0 Å². The van der Waals surface area contributed by atoms with E-state index in [0.717, 1.165) is 18.5 Å². The highest BCUT2D eigenvalue weighted by Gasteiger charge is 2.37. The maximum Gasteiger partial charge on any atom is 0.252 e. The molecule has 1 atom stereocenters. The van der Waals surface area contributed by atoms with Crippen molar-refractivity contribution >= 4 is 21.4 Å². The molecule has 0 amide bonds. The highest BCUT2D eigenvalue weighted by atomic mass is 32.2. The van der Waals surface area contributed by atoms with Gasteiger partial charge in [-0.25, -0.2) is 8.42 Å². The summed E-state index contributed by atoms with van der Waals surface area (Å²) >= 11 is 1.30. The van der Waals surface area contributed by atoms with E-state index in [1.165, 1.54) is 11.3 Å². The second-order valence-corrected chi connectivity index (χ2v) is 7.53. The van der Waals surface area contributed by atoms with Crippen LogP contribution in [0.1, 0.15) is 24.9 Å². The second-order valence-electron chi connectivity index (χ2n) is 4.48. The van der Waals surface area contributed by atoms with E-state index in [4.69, 9.17) is 4.74 Å². The van der Waals surface area contributed by atoms with Crippen molar-refractivity contribution in [3.8, 4) is 0 Å². The molecule has 1 aromatic heterocycles. The molecule has 1 aliphatic rings. The molecular weight excluding hydrogens is 284 g/mol.